The third kappa shape index (κ3) is 6.47. The summed E-state index contributed by atoms with van der Waals surface area (Å²) in [5.41, 5.74) is 6.77. The summed E-state index contributed by atoms with van der Waals surface area (Å²) in [6, 6.07) is 6.87. The van der Waals surface area contributed by atoms with E-state index in [9.17, 15) is 9.59 Å². The number of methoxy groups -OCH3 is 1. The van der Waals surface area contributed by atoms with E-state index in [1.54, 1.807) is 26.8 Å². The summed E-state index contributed by atoms with van der Waals surface area (Å²) in [5.74, 6) is -0.407. The summed E-state index contributed by atoms with van der Waals surface area (Å²) in [6.07, 6.45) is -0.110. The lowest BCUT2D eigenvalue weighted by Gasteiger charge is -2.23. The molecule has 0 saturated heterocycles. The van der Waals surface area contributed by atoms with Crippen molar-refractivity contribution in [2.75, 3.05) is 12.8 Å². The van der Waals surface area contributed by atoms with Crippen LogP contribution in [0.3, 0.4) is 0 Å². The minimum atomic E-state index is -0.605. The smallest absolute Gasteiger partial charge is 0.407 e. The van der Waals surface area contributed by atoms with E-state index in [0.717, 1.165) is 5.56 Å². The van der Waals surface area contributed by atoms with Gasteiger partial charge >= 0.3 is 12.1 Å². The van der Waals surface area contributed by atoms with Crippen molar-refractivity contribution in [3.63, 3.8) is 0 Å². The lowest BCUT2D eigenvalue weighted by atomic mass is 10.0. The molecule has 1 aromatic carbocycles. The fourth-order valence-corrected chi connectivity index (χ4v) is 1.92. The van der Waals surface area contributed by atoms with Crippen molar-refractivity contribution < 1.29 is 19.1 Å². The molecular formula is C16H24N2O4. The average molecular weight is 308 g/mol. The van der Waals surface area contributed by atoms with Crippen LogP contribution < -0.4 is 11.1 Å². The van der Waals surface area contributed by atoms with E-state index >= 15 is 0 Å². The second kappa shape index (κ2) is 7.68. The molecule has 1 unspecified atom stereocenters. The molecule has 1 aromatic rings. The van der Waals surface area contributed by atoms with Gasteiger partial charge in [-0.15, -0.1) is 0 Å². The summed E-state index contributed by atoms with van der Waals surface area (Å²) < 4.78 is 9.89. The van der Waals surface area contributed by atoms with Gasteiger partial charge in [-0.1, -0.05) is 18.2 Å². The van der Waals surface area contributed by atoms with Gasteiger partial charge in [0.05, 0.1) is 13.5 Å². The molecule has 122 valence electrons. The molecule has 0 saturated carbocycles. The van der Waals surface area contributed by atoms with Gasteiger partial charge in [-0.2, -0.15) is 0 Å². The Hall–Kier alpha value is -2.24. The standard InChI is InChI=1S/C16H24N2O4/c1-16(2,3)22-15(20)18-12(10-14(19)21-4)9-11-7-5-6-8-13(11)17/h5-8,12H,9-10,17H2,1-4H3,(H,18,20). The molecule has 6 heteroatoms. The number of anilines is 1. The number of esters is 1. The third-order valence-electron chi connectivity index (χ3n) is 2.88. The van der Waals surface area contributed by atoms with E-state index in [4.69, 9.17) is 10.5 Å². The number of alkyl carbamates (subject to hydrolysis) is 1. The second-order valence-electron chi connectivity index (χ2n) is 6.03. The van der Waals surface area contributed by atoms with Crippen LogP contribution in [0.5, 0.6) is 0 Å². The lowest BCUT2D eigenvalue weighted by Crippen LogP contribution is -2.41. The van der Waals surface area contributed by atoms with Crippen LogP contribution in [-0.2, 0) is 20.7 Å². The van der Waals surface area contributed by atoms with Crippen molar-refractivity contribution in [3.8, 4) is 0 Å². The van der Waals surface area contributed by atoms with Gasteiger partial charge in [-0.3, -0.25) is 4.79 Å². The maximum atomic E-state index is 11.9. The number of rotatable bonds is 5. The quantitative estimate of drug-likeness (QED) is 0.643. The molecule has 0 radical (unpaired) electrons. The van der Waals surface area contributed by atoms with Gasteiger partial charge in [-0.05, 0) is 38.8 Å². The van der Waals surface area contributed by atoms with E-state index in [-0.39, 0.29) is 6.42 Å². The van der Waals surface area contributed by atoms with E-state index in [1.165, 1.54) is 7.11 Å². The molecule has 0 bridgehead atoms. The Morgan fingerprint density at radius 3 is 2.45 bits per heavy atom. The van der Waals surface area contributed by atoms with Gasteiger partial charge in [0.1, 0.15) is 5.60 Å². The summed E-state index contributed by atoms with van der Waals surface area (Å²) >= 11 is 0. The number of nitrogens with one attached hydrogen (secondary N) is 1. The molecule has 6 nitrogen and oxygen atoms in total. The van der Waals surface area contributed by atoms with Gasteiger partial charge in [-0.25, -0.2) is 4.79 Å². The van der Waals surface area contributed by atoms with Gasteiger partial charge in [0, 0.05) is 11.7 Å². The molecule has 0 aromatic heterocycles. The normalized spacial score (nSPS) is 12.4. The number of carbonyl (C=O) groups is 2. The molecule has 0 spiro atoms. The summed E-state index contributed by atoms with van der Waals surface area (Å²) in [5, 5.41) is 2.70. The van der Waals surface area contributed by atoms with Crippen molar-refractivity contribution in [2.45, 2.75) is 45.3 Å². The van der Waals surface area contributed by atoms with Crippen molar-refractivity contribution >= 4 is 17.7 Å². The maximum Gasteiger partial charge on any atom is 0.407 e. The number of hydrogen-bond donors (Lipinski definition) is 2. The van der Waals surface area contributed by atoms with E-state index in [2.05, 4.69) is 10.1 Å². The Morgan fingerprint density at radius 2 is 1.91 bits per heavy atom. The number of amides is 1. The Morgan fingerprint density at radius 1 is 1.27 bits per heavy atom. The molecule has 0 aliphatic heterocycles. The number of carbonyl (C=O) groups excluding carboxylic acids is 2. The Balaban J connectivity index is 2.78. The Labute approximate surface area is 131 Å². The largest absolute Gasteiger partial charge is 0.469 e. The second-order valence-corrected chi connectivity index (χ2v) is 6.03. The number of nitrogen functional groups attached to an aromatic ring is 1. The summed E-state index contributed by atoms with van der Waals surface area (Å²) in [4.78, 5) is 23.4. The van der Waals surface area contributed by atoms with Crippen LogP contribution in [0.25, 0.3) is 0 Å². The van der Waals surface area contributed by atoms with Gasteiger partial charge < -0.3 is 20.5 Å². The first-order chi connectivity index (χ1) is 10.2. The first kappa shape index (κ1) is 17.8. The highest BCUT2D eigenvalue weighted by Crippen LogP contribution is 2.15. The molecule has 0 aliphatic rings. The molecule has 1 atom stereocenters. The SMILES string of the molecule is COC(=O)CC(Cc1ccccc1N)NC(=O)OC(C)(C)C. The van der Waals surface area contributed by atoms with Gasteiger partial charge in [0.15, 0.2) is 0 Å². The first-order valence-corrected chi connectivity index (χ1v) is 7.11. The molecule has 0 aliphatic carbocycles. The number of ether oxygens (including phenoxy) is 2. The van der Waals surface area contributed by atoms with Crippen LogP contribution in [0, 0.1) is 0 Å². The molecule has 22 heavy (non-hydrogen) atoms. The fraction of sp³-hybridized carbons (Fsp3) is 0.500. The highest BCUT2D eigenvalue weighted by atomic mass is 16.6. The van der Waals surface area contributed by atoms with Crippen LogP contribution in [0.15, 0.2) is 24.3 Å². The van der Waals surface area contributed by atoms with Crippen LogP contribution in [0.4, 0.5) is 10.5 Å². The zero-order chi connectivity index (χ0) is 16.8. The predicted molar refractivity (Wildman–Crippen MR) is 84.3 cm³/mol. The van der Waals surface area contributed by atoms with Crippen LogP contribution >= 0.6 is 0 Å². The highest BCUT2D eigenvalue weighted by Gasteiger charge is 2.22. The average Bonchev–Trinajstić information content (AvgIpc) is 2.38. The molecule has 1 rings (SSSR count). The molecule has 3 N–H and O–H groups in total. The predicted octanol–water partition coefficient (Wildman–Crippen LogP) is 2.27. The fourth-order valence-electron chi connectivity index (χ4n) is 1.92. The lowest BCUT2D eigenvalue weighted by molar-refractivity contribution is -0.141. The summed E-state index contributed by atoms with van der Waals surface area (Å²) in [6.45, 7) is 5.32. The third-order valence-corrected chi connectivity index (χ3v) is 2.88. The van der Waals surface area contributed by atoms with Crippen LogP contribution in [-0.4, -0.2) is 30.8 Å². The van der Waals surface area contributed by atoms with Crippen molar-refractivity contribution in [1.29, 1.82) is 0 Å². The van der Waals surface area contributed by atoms with E-state index in [0.29, 0.717) is 12.1 Å². The van der Waals surface area contributed by atoms with Gasteiger partial charge in [0.25, 0.3) is 0 Å². The van der Waals surface area contributed by atoms with Crippen molar-refractivity contribution in [1.82, 2.24) is 5.32 Å². The Bertz CT molecular complexity index is 523. The maximum absolute atomic E-state index is 11.9. The number of hydrogen-bond acceptors (Lipinski definition) is 5. The molecule has 1 amide bonds. The zero-order valence-corrected chi connectivity index (χ0v) is 13.5. The number of nitrogens with two attached hydrogens (primary N) is 1. The minimum absolute atomic E-state index is 0.0457. The van der Waals surface area contributed by atoms with E-state index < -0.39 is 23.7 Å². The number of benzene rings is 1. The van der Waals surface area contributed by atoms with Crippen LogP contribution in [0.2, 0.25) is 0 Å². The molecular weight excluding hydrogens is 284 g/mol. The molecule has 0 heterocycles. The Kier molecular flexibility index (Phi) is 6.22. The van der Waals surface area contributed by atoms with Crippen LogP contribution in [0.1, 0.15) is 32.8 Å². The number of para-hydroxylation sites is 1. The zero-order valence-electron chi connectivity index (χ0n) is 13.5. The highest BCUT2D eigenvalue weighted by molar-refractivity contribution is 5.73. The summed E-state index contributed by atoms with van der Waals surface area (Å²) in [7, 11) is 1.31. The molecule has 0 fully saturated rings. The first-order valence-electron chi connectivity index (χ1n) is 7.11. The monoisotopic (exact) mass is 308 g/mol. The topological polar surface area (TPSA) is 90.6 Å². The van der Waals surface area contributed by atoms with Crippen molar-refractivity contribution in [2.24, 2.45) is 0 Å². The minimum Gasteiger partial charge on any atom is -0.469 e. The van der Waals surface area contributed by atoms with Gasteiger partial charge in [0.2, 0.25) is 0 Å². The van der Waals surface area contributed by atoms with E-state index in [1.807, 2.05) is 18.2 Å². The van der Waals surface area contributed by atoms with Crippen molar-refractivity contribution in [3.05, 3.63) is 29.8 Å².